The minimum Gasteiger partial charge on any atom is -0.305 e. The Balaban J connectivity index is 0.000000128. The molecule has 0 saturated carbocycles. The second kappa shape index (κ2) is 34.1. The maximum absolute atomic E-state index is 4.45. The van der Waals surface area contributed by atoms with Crippen molar-refractivity contribution in [3.63, 3.8) is 0 Å². The van der Waals surface area contributed by atoms with Crippen LogP contribution >= 0.6 is 0 Å². The number of hydrogen-bond donors (Lipinski definition) is 0. The summed E-state index contributed by atoms with van der Waals surface area (Å²) in [6.45, 7) is 0. The van der Waals surface area contributed by atoms with Crippen LogP contribution in [0.4, 0.5) is 0 Å². The van der Waals surface area contributed by atoms with Gasteiger partial charge in [-0.05, 0) is 114 Å². The molecule has 0 aliphatic carbocycles. The topological polar surface area (TPSA) is 77.3 Å². The van der Waals surface area contributed by atoms with Gasteiger partial charge >= 0.3 is 40.2 Å². The van der Waals surface area contributed by atoms with Gasteiger partial charge in [0.15, 0.2) is 0 Å². The Bertz CT molecular complexity index is 4080. The number of nitrogens with zero attached hydrogens (tertiary/aromatic N) is 6. The van der Waals surface area contributed by atoms with E-state index in [1.54, 1.807) is 12.4 Å². The molecule has 0 saturated heterocycles. The van der Waals surface area contributed by atoms with Crippen LogP contribution in [0.5, 0.6) is 0 Å². The van der Waals surface area contributed by atoms with E-state index in [4.69, 9.17) is 0 Å². The molecule has 0 amide bonds. The average molecular weight is 1510 g/mol. The van der Waals surface area contributed by atoms with Crippen LogP contribution in [0.25, 0.3) is 111 Å². The molecule has 16 rings (SSSR count). The van der Waals surface area contributed by atoms with Crippen molar-refractivity contribution in [2.75, 3.05) is 0 Å². The molecule has 0 radical (unpaired) electrons. The fourth-order valence-corrected chi connectivity index (χ4v) is 9.65. The maximum atomic E-state index is 4.45. The molecule has 90 heavy (non-hydrogen) atoms. The van der Waals surface area contributed by atoms with E-state index in [1.165, 1.54) is 43.1 Å². The number of aromatic nitrogens is 6. The SMILES string of the molecule is [Ir+3].[Ir+3].[c-]1ccccc1-c1ccccn1.[c-]1ccccc1-c1ccccn1.[c-]1ccccc1-c1nccc2ccccc12.[c-]1ccccc1-c1nccc2ccccc12.[c-]1ccccc1-c1nccc2ccccc12.[c-]1ccccc1-c1nccc2ccccc12. The summed E-state index contributed by atoms with van der Waals surface area (Å²) in [5, 5.41) is 9.55. The zero-order valence-electron chi connectivity index (χ0n) is 48.7. The molecule has 6 aromatic heterocycles. The summed E-state index contributed by atoms with van der Waals surface area (Å²) in [5.74, 6) is 0. The molecule has 0 aliphatic heterocycles. The fraction of sp³-hybridized carbons (Fsp3) is 0. The van der Waals surface area contributed by atoms with Crippen molar-refractivity contribution in [2.24, 2.45) is 0 Å². The van der Waals surface area contributed by atoms with Crippen LogP contribution < -0.4 is 0 Å². The van der Waals surface area contributed by atoms with Gasteiger partial charge in [-0.25, -0.2) is 0 Å². The van der Waals surface area contributed by atoms with Crippen molar-refractivity contribution < 1.29 is 40.2 Å². The van der Waals surface area contributed by atoms with E-state index in [-0.39, 0.29) is 40.2 Å². The van der Waals surface area contributed by atoms with Gasteiger partial charge in [0.25, 0.3) is 0 Å². The van der Waals surface area contributed by atoms with Crippen LogP contribution in [0.3, 0.4) is 0 Å². The smallest absolute Gasteiger partial charge is 0.305 e. The first-order valence-corrected chi connectivity index (χ1v) is 28.7. The summed E-state index contributed by atoms with van der Waals surface area (Å²) in [7, 11) is 0. The average Bonchev–Trinajstić information content (AvgIpc) is 3.36. The normalized spacial score (nSPS) is 10.0. The summed E-state index contributed by atoms with van der Waals surface area (Å²) >= 11 is 0. The van der Waals surface area contributed by atoms with Gasteiger partial charge in [0.2, 0.25) is 0 Å². The van der Waals surface area contributed by atoms with E-state index < -0.39 is 0 Å². The van der Waals surface area contributed by atoms with Gasteiger partial charge in [-0.1, -0.05) is 121 Å². The van der Waals surface area contributed by atoms with E-state index in [1.807, 2.05) is 280 Å². The van der Waals surface area contributed by atoms with Crippen LogP contribution in [0.1, 0.15) is 0 Å². The fourth-order valence-electron chi connectivity index (χ4n) is 9.65. The standard InChI is InChI=1S/4C15H10N.2C11H8N.2Ir/c4*1-2-7-13(8-3-1)15-14-9-5-4-6-12(14)10-11-16-15;2*1-2-6-10(7-3-1)11-8-4-5-9-12-11;;/h4*1-7,9-11H;2*1-6,8-9H;;/q6*-1;2*+3. The number of hydrogen-bond acceptors (Lipinski definition) is 6. The molecule has 0 aliphatic rings. The van der Waals surface area contributed by atoms with Crippen LogP contribution in [0, 0.1) is 36.4 Å². The molecule has 0 fully saturated rings. The first kappa shape index (κ1) is 63.9. The van der Waals surface area contributed by atoms with E-state index in [0.29, 0.717) is 0 Å². The molecule has 432 valence electrons. The molecule has 0 unspecified atom stereocenters. The van der Waals surface area contributed by atoms with E-state index in [9.17, 15) is 0 Å². The Hall–Kier alpha value is -10.6. The Morgan fingerprint density at radius 3 is 0.622 bits per heavy atom. The third-order valence-electron chi connectivity index (χ3n) is 13.9. The van der Waals surface area contributed by atoms with E-state index >= 15 is 0 Å². The van der Waals surface area contributed by atoms with Gasteiger partial charge in [0, 0.05) is 37.2 Å². The Morgan fingerprint density at radius 1 is 0.178 bits per heavy atom. The minimum atomic E-state index is 0. The molecule has 0 bridgehead atoms. The van der Waals surface area contributed by atoms with Crippen molar-refractivity contribution >= 4 is 43.1 Å². The van der Waals surface area contributed by atoms with Gasteiger partial charge in [0.1, 0.15) is 0 Å². The molecule has 8 heteroatoms. The summed E-state index contributed by atoms with van der Waals surface area (Å²) in [6, 6.07) is 119. The third kappa shape index (κ3) is 17.4. The van der Waals surface area contributed by atoms with E-state index in [0.717, 1.165) is 67.5 Å². The van der Waals surface area contributed by atoms with Crippen molar-refractivity contribution in [3.8, 4) is 67.5 Å². The molecule has 0 atom stereocenters. The molecule has 16 aromatic rings. The number of fused-ring (bicyclic) bond motifs is 4. The predicted octanol–water partition coefficient (Wildman–Crippen LogP) is 19.9. The monoisotopic (exact) mass is 1510 g/mol. The Labute approximate surface area is 553 Å². The van der Waals surface area contributed by atoms with Crippen molar-refractivity contribution in [2.45, 2.75) is 0 Å². The first-order chi connectivity index (χ1) is 43.7. The van der Waals surface area contributed by atoms with Crippen LogP contribution in [0.15, 0.2) is 340 Å². The third-order valence-corrected chi connectivity index (χ3v) is 13.9. The summed E-state index contributed by atoms with van der Waals surface area (Å²) in [4.78, 5) is 26.2. The van der Waals surface area contributed by atoms with Crippen molar-refractivity contribution in [3.05, 3.63) is 377 Å². The molecule has 0 N–H and O–H groups in total. The number of benzene rings is 10. The van der Waals surface area contributed by atoms with Crippen LogP contribution in [-0.4, -0.2) is 29.9 Å². The van der Waals surface area contributed by atoms with Crippen LogP contribution in [-0.2, 0) is 40.2 Å². The van der Waals surface area contributed by atoms with Gasteiger partial charge in [0.05, 0.1) is 0 Å². The second-order valence-electron chi connectivity index (χ2n) is 19.6. The van der Waals surface area contributed by atoms with Crippen molar-refractivity contribution in [1.29, 1.82) is 0 Å². The summed E-state index contributed by atoms with van der Waals surface area (Å²) in [6.07, 6.45) is 11.0. The molecular weight excluding hydrogens is 1450 g/mol. The van der Waals surface area contributed by atoms with E-state index in [2.05, 4.69) is 115 Å². The predicted molar refractivity (Wildman–Crippen MR) is 361 cm³/mol. The van der Waals surface area contributed by atoms with Crippen LogP contribution in [0.2, 0.25) is 0 Å². The summed E-state index contributed by atoms with van der Waals surface area (Å²) in [5.41, 5.74) is 12.2. The molecule has 6 nitrogen and oxygen atoms in total. The number of pyridine rings is 6. The van der Waals surface area contributed by atoms with Gasteiger partial charge in [-0.15, -0.1) is 215 Å². The first-order valence-electron chi connectivity index (χ1n) is 28.7. The zero-order chi connectivity index (χ0) is 59.6. The summed E-state index contributed by atoms with van der Waals surface area (Å²) < 4.78 is 0. The molecular formula is C82H56Ir2N6. The quantitative estimate of drug-likeness (QED) is 0.154. The van der Waals surface area contributed by atoms with Gasteiger partial charge in [-0.2, -0.15) is 0 Å². The largest absolute Gasteiger partial charge is 3.00 e. The molecule has 0 spiro atoms. The second-order valence-corrected chi connectivity index (χ2v) is 19.6. The minimum absolute atomic E-state index is 0. The Kier molecular flexibility index (Phi) is 24.2. The van der Waals surface area contributed by atoms with Gasteiger partial charge in [-0.3, -0.25) is 0 Å². The Morgan fingerprint density at radius 2 is 0.400 bits per heavy atom. The zero-order valence-corrected chi connectivity index (χ0v) is 53.5. The molecule has 10 aromatic carbocycles. The molecule has 6 heterocycles. The maximum Gasteiger partial charge on any atom is 3.00 e. The number of rotatable bonds is 6. The van der Waals surface area contributed by atoms with Gasteiger partial charge < -0.3 is 29.9 Å². The van der Waals surface area contributed by atoms with Crippen molar-refractivity contribution in [1.82, 2.24) is 29.9 Å².